The number of nitrogens with one attached hydrogen (secondary N) is 3. The maximum atomic E-state index is 12.6. The lowest BCUT2D eigenvalue weighted by atomic mass is 10.1. The molecule has 0 unspecified atom stereocenters. The quantitative estimate of drug-likeness (QED) is 0.595. The van der Waals surface area contributed by atoms with Crippen molar-refractivity contribution in [1.29, 1.82) is 0 Å². The van der Waals surface area contributed by atoms with Crippen molar-refractivity contribution in [2.45, 2.75) is 19.1 Å². The van der Waals surface area contributed by atoms with Crippen LogP contribution in [0.5, 0.6) is 0 Å². The smallest absolute Gasteiger partial charge is 0.408 e. The zero-order chi connectivity index (χ0) is 18.9. The first-order chi connectivity index (χ1) is 13.2. The minimum absolute atomic E-state index is 0.119. The Balaban J connectivity index is 1.63. The summed E-state index contributed by atoms with van der Waals surface area (Å²) >= 11 is 0. The number of anilines is 1. The van der Waals surface area contributed by atoms with Crippen LogP contribution in [0, 0.1) is 0 Å². The largest absolute Gasteiger partial charge is 0.445 e. The van der Waals surface area contributed by atoms with E-state index in [9.17, 15) is 9.59 Å². The molecule has 8 nitrogen and oxygen atoms in total. The first-order valence-corrected chi connectivity index (χ1v) is 8.38. The Hall–Kier alpha value is -3.68. The molecule has 2 amide bonds. The third-order valence-electron chi connectivity index (χ3n) is 3.76. The van der Waals surface area contributed by atoms with Crippen LogP contribution < -0.4 is 10.6 Å². The molecule has 3 rings (SSSR count). The molecular weight excluding hydrogens is 346 g/mol. The third-order valence-corrected chi connectivity index (χ3v) is 3.76. The number of aromatic amines is 1. The maximum absolute atomic E-state index is 12.6. The molecule has 0 bridgehead atoms. The van der Waals surface area contributed by atoms with Crippen LogP contribution in [0.25, 0.3) is 0 Å². The zero-order valence-corrected chi connectivity index (χ0v) is 14.5. The second-order valence-corrected chi connectivity index (χ2v) is 5.77. The summed E-state index contributed by atoms with van der Waals surface area (Å²) in [5, 5.41) is 11.4. The van der Waals surface area contributed by atoms with Crippen molar-refractivity contribution >= 4 is 17.9 Å². The van der Waals surface area contributed by atoms with Gasteiger partial charge in [0.05, 0.1) is 0 Å². The van der Waals surface area contributed by atoms with Gasteiger partial charge >= 0.3 is 6.09 Å². The lowest BCUT2D eigenvalue weighted by Gasteiger charge is -2.17. The number of rotatable bonds is 7. The second kappa shape index (κ2) is 9.14. The van der Waals surface area contributed by atoms with Gasteiger partial charge in [0.1, 0.15) is 19.0 Å². The Morgan fingerprint density at radius 3 is 2.30 bits per heavy atom. The Labute approximate surface area is 156 Å². The first kappa shape index (κ1) is 18.1. The molecule has 0 saturated heterocycles. The molecular formula is C19H19N5O3. The van der Waals surface area contributed by atoms with Crippen molar-refractivity contribution in [3.8, 4) is 0 Å². The van der Waals surface area contributed by atoms with Gasteiger partial charge in [0.15, 0.2) is 0 Å². The fourth-order valence-electron chi connectivity index (χ4n) is 2.44. The van der Waals surface area contributed by atoms with Gasteiger partial charge < -0.3 is 10.1 Å². The number of benzene rings is 2. The number of amides is 2. The third kappa shape index (κ3) is 5.67. The number of hydrogen-bond donors (Lipinski definition) is 3. The number of carbonyl (C=O) groups excluding carboxylic acids is 2. The van der Waals surface area contributed by atoms with Gasteiger partial charge in [-0.15, -0.1) is 0 Å². The van der Waals surface area contributed by atoms with Gasteiger partial charge in [-0.2, -0.15) is 10.1 Å². The van der Waals surface area contributed by atoms with Crippen molar-refractivity contribution in [2.75, 3.05) is 5.32 Å². The standard InChI is InChI=1S/C19H19N5O3/c25-17(23-18-20-13-21-24-18)16(11-14-7-3-1-4-8-14)22-19(26)27-12-15-9-5-2-6-10-15/h1-10,13,16H,11-12H2,(H,22,26)(H2,20,21,23,24,25)/t16-/m1/s1. The van der Waals surface area contributed by atoms with E-state index in [0.29, 0.717) is 6.42 Å². The Bertz CT molecular complexity index is 854. The second-order valence-electron chi connectivity index (χ2n) is 5.77. The molecule has 1 aromatic heterocycles. The lowest BCUT2D eigenvalue weighted by molar-refractivity contribution is -0.118. The number of carbonyl (C=O) groups is 2. The van der Waals surface area contributed by atoms with Crippen molar-refractivity contribution in [2.24, 2.45) is 0 Å². The predicted octanol–water partition coefficient (Wildman–Crippen LogP) is 2.28. The fourth-order valence-corrected chi connectivity index (χ4v) is 2.44. The van der Waals surface area contributed by atoms with E-state index < -0.39 is 18.0 Å². The van der Waals surface area contributed by atoms with Crippen LogP contribution in [0.15, 0.2) is 67.0 Å². The van der Waals surface area contributed by atoms with Crippen molar-refractivity contribution < 1.29 is 14.3 Å². The highest BCUT2D eigenvalue weighted by molar-refractivity contribution is 5.95. The van der Waals surface area contributed by atoms with E-state index in [1.54, 1.807) is 0 Å². The molecule has 1 atom stereocenters. The van der Waals surface area contributed by atoms with Gasteiger partial charge in [0.2, 0.25) is 11.9 Å². The molecule has 8 heteroatoms. The van der Waals surface area contributed by atoms with Gasteiger partial charge in [-0.3, -0.25) is 10.1 Å². The van der Waals surface area contributed by atoms with E-state index in [0.717, 1.165) is 11.1 Å². The number of hydrogen-bond acceptors (Lipinski definition) is 5. The van der Waals surface area contributed by atoms with Crippen LogP contribution >= 0.6 is 0 Å². The topological polar surface area (TPSA) is 109 Å². The fraction of sp³-hybridized carbons (Fsp3) is 0.158. The van der Waals surface area contributed by atoms with Crippen LogP contribution in [0.3, 0.4) is 0 Å². The van der Waals surface area contributed by atoms with E-state index in [2.05, 4.69) is 25.8 Å². The summed E-state index contributed by atoms with van der Waals surface area (Å²) in [5.74, 6) is -0.218. The molecule has 0 saturated carbocycles. The Morgan fingerprint density at radius 1 is 1.00 bits per heavy atom. The van der Waals surface area contributed by atoms with Gasteiger partial charge in [-0.1, -0.05) is 60.7 Å². The highest BCUT2D eigenvalue weighted by Gasteiger charge is 2.23. The normalized spacial score (nSPS) is 11.4. The molecule has 0 spiro atoms. The molecule has 0 fully saturated rings. The van der Waals surface area contributed by atoms with Crippen LogP contribution in [0.2, 0.25) is 0 Å². The van der Waals surface area contributed by atoms with E-state index in [1.807, 2.05) is 60.7 Å². The molecule has 0 aliphatic carbocycles. The van der Waals surface area contributed by atoms with Gasteiger partial charge in [-0.25, -0.2) is 9.89 Å². The average Bonchev–Trinajstić information content (AvgIpc) is 3.20. The van der Waals surface area contributed by atoms with Crippen molar-refractivity contribution in [1.82, 2.24) is 20.5 Å². The molecule has 138 valence electrons. The molecule has 2 aromatic carbocycles. The summed E-state index contributed by atoms with van der Waals surface area (Å²) < 4.78 is 5.22. The van der Waals surface area contributed by atoms with Crippen molar-refractivity contribution in [3.63, 3.8) is 0 Å². The zero-order valence-electron chi connectivity index (χ0n) is 14.5. The van der Waals surface area contributed by atoms with Crippen LogP contribution in [-0.4, -0.2) is 33.2 Å². The van der Waals surface area contributed by atoms with Crippen LogP contribution in [0.1, 0.15) is 11.1 Å². The molecule has 1 heterocycles. The highest BCUT2D eigenvalue weighted by atomic mass is 16.5. The summed E-state index contributed by atoms with van der Waals surface area (Å²) in [7, 11) is 0. The SMILES string of the molecule is O=C(N[C@H](Cc1ccccc1)C(=O)Nc1ncn[nH]1)OCc1ccccc1. The van der Waals surface area contributed by atoms with Crippen molar-refractivity contribution in [3.05, 3.63) is 78.1 Å². The minimum atomic E-state index is -0.833. The average molecular weight is 365 g/mol. The molecule has 0 aliphatic rings. The summed E-state index contributed by atoms with van der Waals surface area (Å²) in [6.45, 7) is 0.119. The summed E-state index contributed by atoms with van der Waals surface area (Å²) in [6, 6.07) is 17.9. The predicted molar refractivity (Wildman–Crippen MR) is 98.7 cm³/mol. The Kier molecular flexibility index (Phi) is 6.13. The summed E-state index contributed by atoms with van der Waals surface area (Å²) in [5.41, 5.74) is 1.76. The number of ether oxygens (including phenoxy) is 1. The van der Waals surface area contributed by atoms with Crippen LogP contribution in [-0.2, 0) is 22.6 Å². The summed E-state index contributed by atoms with van der Waals surface area (Å²) in [6.07, 6.45) is 0.914. The number of aromatic nitrogens is 3. The highest BCUT2D eigenvalue weighted by Crippen LogP contribution is 2.07. The van der Waals surface area contributed by atoms with E-state index in [4.69, 9.17) is 4.74 Å². The molecule has 0 aliphatic heterocycles. The lowest BCUT2D eigenvalue weighted by Crippen LogP contribution is -2.45. The molecule has 3 N–H and O–H groups in total. The maximum Gasteiger partial charge on any atom is 0.408 e. The van der Waals surface area contributed by atoms with E-state index >= 15 is 0 Å². The minimum Gasteiger partial charge on any atom is -0.445 e. The van der Waals surface area contributed by atoms with E-state index in [1.165, 1.54) is 6.33 Å². The van der Waals surface area contributed by atoms with E-state index in [-0.39, 0.29) is 12.6 Å². The molecule has 27 heavy (non-hydrogen) atoms. The number of H-pyrrole nitrogens is 1. The van der Waals surface area contributed by atoms with Gasteiger partial charge in [-0.05, 0) is 11.1 Å². The van der Waals surface area contributed by atoms with Gasteiger partial charge in [0.25, 0.3) is 0 Å². The Morgan fingerprint density at radius 2 is 1.67 bits per heavy atom. The first-order valence-electron chi connectivity index (χ1n) is 8.38. The summed E-state index contributed by atoms with van der Waals surface area (Å²) in [4.78, 5) is 28.6. The number of alkyl carbamates (subject to hydrolysis) is 1. The molecule has 3 aromatic rings. The van der Waals surface area contributed by atoms with Gasteiger partial charge in [0, 0.05) is 6.42 Å². The number of nitrogens with zero attached hydrogens (tertiary/aromatic N) is 2. The monoisotopic (exact) mass is 365 g/mol. The molecule has 0 radical (unpaired) electrons. The van der Waals surface area contributed by atoms with Crippen LogP contribution in [0.4, 0.5) is 10.7 Å².